The summed E-state index contributed by atoms with van der Waals surface area (Å²) in [6.07, 6.45) is 1.63. The molecule has 21 heavy (non-hydrogen) atoms. The fourth-order valence-electron chi connectivity index (χ4n) is 1.97. The molecule has 3 aromatic rings. The predicted molar refractivity (Wildman–Crippen MR) is 71.4 cm³/mol. The Hall–Kier alpha value is -2.70. The van der Waals surface area contributed by atoms with E-state index in [0.29, 0.717) is 28.8 Å². The molecule has 0 aliphatic carbocycles. The number of nitrogens with zero attached hydrogens (tertiary/aromatic N) is 3. The van der Waals surface area contributed by atoms with Gasteiger partial charge < -0.3 is 9.47 Å². The maximum absolute atomic E-state index is 13.3. The van der Waals surface area contributed by atoms with E-state index in [4.69, 9.17) is 9.47 Å². The van der Waals surface area contributed by atoms with Crippen molar-refractivity contribution in [1.82, 2.24) is 14.4 Å². The van der Waals surface area contributed by atoms with E-state index in [1.807, 2.05) is 0 Å². The molecule has 0 aliphatic heterocycles. The van der Waals surface area contributed by atoms with E-state index in [9.17, 15) is 8.78 Å². The molecule has 0 atom stereocenters. The van der Waals surface area contributed by atoms with Crippen LogP contribution in [0, 0.1) is 11.6 Å². The van der Waals surface area contributed by atoms with Crippen LogP contribution in [0.2, 0.25) is 0 Å². The summed E-state index contributed by atoms with van der Waals surface area (Å²) >= 11 is 0. The first kappa shape index (κ1) is 13.3. The van der Waals surface area contributed by atoms with Crippen molar-refractivity contribution >= 4 is 5.78 Å². The molecule has 0 aliphatic rings. The van der Waals surface area contributed by atoms with Gasteiger partial charge in [0.05, 0.1) is 26.0 Å². The van der Waals surface area contributed by atoms with Gasteiger partial charge in [0.15, 0.2) is 11.6 Å². The van der Waals surface area contributed by atoms with Crippen molar-refractivity contribution in [2.45, 2.75) is 0 Å². The van der Waals surface area contributed by atoms with E-state index in [-0.39, 0.29) is 0 Å². The molecule has 0 amide bonds. The second-order valence-electron chi connectivity index (χ2n) is 4.27. The summed E-state index contributed by atoms with van der Waals surface area (Å²) in [5.41, 5.74) is 0.897. The number of rotatable bonds is 3. The van der Waals surface area contributed by atoms with Crippen LogP contribution in [0.5, 0.6) is 11.8 Å². The maximum atomic E-state index is 13.3. The number of benzene rings is 1. The van der Waals surface area contributed by atoms with Crippen LogP contribution in [0.1, 0.15) is 0 Å². The number of hydrogen-bond acceptors (Lipinski definition) is 4. The van der Waals surface area contributed by atoms with Crippen LogP contribution >= 0.6 is 0 Å². The zero-order valence-corrected chi connectivity index (χ0v) is 11.3. The third-order valence-electron chi connectivity index (χ3n) is 3.02. The van der Waals surface area contributed by atoms with Crippen molar-refractivity contribution in [3.8, 4) is 23.0 Å². The molecule has 0 fully saturated rings. The smallest absolute Gasteiger partial charge is 0.240 e. The molecule has 0 bridgehead atoms. The van der Waals surface area contributed by atoms with E-state index in [1.54, 1.807) is 16.7 Å². The topological polar surface area (TPSA) is 48.7 Å². The lowest BCUT2D eigenvalue weighted by Crippen LogP contribution is -1.97. The standard InChI is InChI=1S/C14H11F2N3O2/c1-20-12-6-13(21-2)19-7-11(17-14(19)18-12)8-3-4-9(15)10(16)5-8/h3-7H,1-2H3. The fourth-order valence-corrected chi connectivity index (χ4v) is 1.97. The van der Waals surface area contributed by atoms with Gasteiger partial charge in [-0.15, -0.1) is 0 Å². The molecular weight excluding hydrogens is 280 g/mol. The maximum Gasteiger partial charge on any atom is 0.240 e. The molecule has 2 aromatic heterocycles. The fraction of sp³-hybridized carbons (Fsp3) is 0.143. The van der Waals surface area contributed by atoms with E-state index < -0.39 is 11.6 Å². The highest BCUT2D eigenvalue weighted by Gasteiger charge is 2.13. The van der Waals surface area contributed by atoms with E-state index in [2.05, 4.69) is 9.97 Å². The Labute approximate surface area is 118 Å². The zero-order chi connectivity index (χ0) is 15.0. The minimum absolute atomic E-state index is 0.339. The second-order valence-corrected chi connectivity index (χ2v) is 4.27. The summed E-state index contributed by atoms with van der Waals surface area (Å²) in [6.45, 7) is 0. The Morgan fingerprint density at radius 2 is 1.81 bits per heavy atom. The molecule has 0 unspecified atom stereocenters. The summed E-state index contributed by atoms with van der Waals surface area (Å²) in [5, 5.41) is 0. The Bertz CT molecular complexity index is 817. The lowest BCUT2D eigenvalue weighted by Gasteiger charge is -2.04. The first-order chi connectivity index (χ1) is 10.1. The van der Waals surface area contributed by atoms with Crippen molar-refractivity contribution in [3.63, 3.8) is 0 Å². The number of methoxy groups -OCH3 is 2. The van der Waals surface area contributed by atoms with Crippen LogP contribution in [0.15, 0.2) is 30.5 Å². The van der Waals surface area contributed by atoms with Crippen molar-refractivity contribution in [3.05, 3.63) is 42.1 Å². The number of ether oxygens (including phenoxy) is 2. The minimum Gasteiger partial charge on any atom is -0.482 e. The quantitative estimate of drug-likeness (QED) is 0.744. The zero-order valence-electron chi connectivity index (χ0n) is 11.3. The summed E-state index contributed by atoms with van der Waals surface area (Å²) in [7, 11) is 2.99. The molecule has 7 heteroatoms. The molecule has 0 saturated carbocycles. The van der Waals surface area contributed by atoms with Gasteiger partial charge in [-0.05, 0) is 18.2 Å². The van der Waals surface area contributed by atoms with Gasteiger partial charge in [0.2, 0.25) is 17.5 Å². The lowest BCUT2D eigenvalue weighted by molar-refractivity contribution is 0.369. The van der Waals surface area contributed by atoms with Gasteiger partial charge in [-0.25, -0.2) is 13.8 Å². The molecule has 5 nitrogen and oxygen atoms in total. The third kappa shape index (κ3) is 2.26. The largest absolute Gasteiger partial charge is 0.482 e. The monoisotopic (exact) mass is 291 g/mol. The lowest BCUT2D eigenvalue weighted by atomic mass is 10.1. The summed E-state index contributed by atoms with van der Waals surface area (Å²) in [4.78, 5) is 8.44. The Kier molecular flexibility index (Phi) is 3.17. The van der Waals surface area contributed by atoms with Gasteiger partial charge in [-0.2, -0.15) is 4.98 Å². The molecule has 108 valence electrons. The van der Waals surface area contributed by atoms with Gasteiger partial charge in [0.25, 0.3) is 0 Å². The number of fused-ring (bicyclic) bond motifs is 1. The molecule has 0 saturated heterocycles. The van der Waals surface area contributed by atoms with E-state index >= 15 is 0 Å². The Morgan fingerprint density at radius 1 is 1.00 bits per heavy atom. The van der Waals surface area contributed by atoms with Crippen LogP contribution in [0.4, 0.5) is 8.78 Å². The van der Waals surface area contributed by atoms with Gasteiger partial charge in [-0.3, -0.25) is 4.40 Å². The molecule has 2 heterocycles. The SMILES string of the molecule is COc1cc(OC)n2cc(-c3ccc(F)c(F)c3)nc2n1. The predicted octanol–water partition coefficient (Wildman–Crippen LogP) is 2.69. The Morgan fingerprint density at radius 3 is 2.48 bits per heavy atom. The molecular formula is C14H11F2N3O2. The van der Waals surface area contributed by atoms with Crippen molar-refractivity contribution in [2.75, 3.05) is 14.2 Å². The third-order valence-corrected chi connectivity index (χ3v) is 3.02. The van der Waals surface area contributed by atoms with Gasteiger partial charge >= 0.3 is 0 Å². The number of aromatic nitrogens is 3. The first-order valence-corrected chi connectivity index (χ1v) is 6.06. The summed E-state index contributed by atoms with van der Waals surface area (Å²) < 4.78 is 38.2. The number of halogens is 2. The highest BCUT2D eigenvalue weighted by atomic mass is 19.2. The second kappa shape index (κ2) is 5.01. The number of imidazole rings is 1. The van der Waals surface area contributed by atoms with Crippen LogP contribution in [0.3, 0.4) is 0 Å². The van der Waals surface area contributed by atoms with Gasteiger partial charge in [-0.1, -0.05) is 0 Å². The summed E-state index contributed by atoms with van der Waals surface area (Å²) in [5.74, 6) is -0.673. The summed E-state index contributed by atoms with van der Waals surface area (Å²) in [6, 6.07) is 5.19. The number of hydrogen-bond donors (Lipinski definition) is 0. The van der Waals surface area contributed by atoms with Crippen LogP contribution < -0.4 is 9.47 Å². The Balaban J connectivity index is 2.18. The highest BCUT2D eigenvalue weighted by Crippen LogP contribution is 2.25. The minimum atomic E-state index is -0.929. The van der Waals surface area contributed by atoms with Gasteiger partial charge in [0.1, 0.15) is 0 Å². The van der Waals surface area contributed by atoms with Crippen LogP contribution in [0.25, 0.3) is 17.0 Å². The van der Waals surface area contributed by atoms with Crippen LogP contribution in [-0.4, -0.2) is 28.6 Å². The molecule has 3 rings (SSSR count). The van der Waals surface area contributed by atoms with Gasteiger partial charge in [0, 0.05) is 11.8 Å². The van der Waals surface area contributed by atoms with Crippen molar-refractivity contribution in [2.24, 2.45) is 0 Å². The molecule has 1 aromatic carbocycles. The van der Waals surface area contributed by atoms with Crippen molar-refractivity contribution < 1.29 is 18.3 Å². The van der Waals surface area contributed by atoms with E-state index in [1.165, 1.54) is 20.3 Å². The van der Waals surface area contributed by atoms with E-state index in [0.717, 1.165) is 12.1 Å². The normalized spacial score (nSPS) is 10.9. The average Bonchev–Trinajstić information content (AvgIpc) is 2.92. The molecule has 0 radical (unpaired) electrons. The average molecular weight is 291 g/mol. The molecule has 0 spiro atoms. The van der Waals surface area contributed by atoms with Crippen molar-refractivity contribution in [1.29, 1.82) is 0 Å². The van der Waals surface area contributed by atoms with Crippen LogP contribution in [-0.2, 0) is 0 Å². The first-order valence-electron chi connectivity index (χ1n) is 6.06. The highest BCUT2D eigenvalue weighted by molar-refractivity contribution is 5.62. The molecule has 0 N–H and O–H groups in total.